The number of aryl methyl sites for hydroxylation is 1. The standard InChI is InChI=1S/C24H37N3O2/c1-18-19(2)23-21(20(3)22(18)28)12-14-24(4,29-23)13-10-8-6-5-7-9-11-17-27-25-15-16-26-27/h15-16,28H,5-14,17H2,1-4H3. The van der Waals surface area contributed by atoms with Gasteiger partial charge in [-0.15, -0.1) is 0 Å². The van der Waals surface area contributed by atoms with Crippen molar-refractivity contribution in [1.82, 2.24) is 15.0 Å². The molecule has 0 saturated carbocycles. The van der Waals surface area contributed by atoms with Crippen molar-refractivity contribution in [2.24, 2.45) is 0 Å². The van der Waals surface area contributed by atoms with E-state index >= 15 is 0 Å². The molecule has 29 heavy (non-hydrogen) atoms. The number of unbranched alkanes of at least 4 members (excludes halogenated alkanes) is 6. The third-order valence-corrected chi connectivity index (χ3v) is 6.62. The summed E-state index contributed by atoms with van der Waals surface area (Å²) in [5, 5.41) is 18.6. The highest BCUT2D eigenvalue weighted by Gasteiger charge is 2.34. The fourth-order valence-corrected chi connectivity index (χ4v) is 4.47. The Morgan fingerprint density at radius 3 is 2.24 bits per heavy atom. The third-order valence-electron chi connectivity index (χ3n) is 6.62. The number of aromatic hydroxyl groups is 1. The van der Waals surface area contributed by atoms with Gasteiger partial charge in [-0.1, -0.05) is 32.1 Å². The van der Waals surface area contributed by atoms with Crippen molar-refractivity contribution in [2.45, 2.75) is 104 Å². The molecule has 1 aliphatic heterocycles. The lowest BCUT2D eigenvalue weighted by Crippen LogP contribution is -2.37. The number of fused-ring (bicyclic) bond motifs is 1. The maximum atomic E-state index is 10.3. The third kappa shape index (κ3) is 5.31. The van der Waals surface area contributed by atoms with Crippen LogP contribution in [-0.4, -0.2) is 25.7 Å². The summed E-state index contributed by atoms with van der Waals surface area (Å²) in [4.78, 5) is 1.77. The highest BCUT2D eigenvalue weighted by Crippen LogP contribution is 2.44. The Balaban J connectivity index is 1.36. The predicted octanol–water partition coefficient (Wildman–Crippen LogP) is 5.81. The molecule has 1 atom stereocenters. The zero-order chi connectivity index (χ0) is 20.9. The second kappa shape index (κ2) is 9.64. The maximum absolute atomic E-state index is 10.3. The first-order chi connectivity index (χ1) is 13.9. The van der Waals surface area contributed by atoms with Gasteiger partial charge in [0.15, 0.2) is 0 Å². The van der Waals surface area contributed by atoms with Gasteiger partial charge in [0.25, 0.3) is 0 Å². The quantitative estimate of drug-likeness (QED) is 0.512. The Hall–Kier alpha value is -2.04. The summed E-state index contributed by atoms with van der Waals surface area (Å²) in [7, 11) is 0. The number of rotatable bonds is 10. The van der Waals surface area contributed by atoms with Gasteiger partial charge >= 0.3 is 0 Å². The summed E-state index contributed by atoms with van der Waals surface area (Å²) in [6, 6.07) is 0. The molecule has 1 aromatic heterocycles. The molecule has 5 nitrogen and oxygen atoms in total. The number of nitrogens with zero attached hydrogens (tertiary/aromatic N) is 3. The number of benzene rings is 1. The molecule has 0 fully saturated rings. The minimum Gasteiger partial charge on any atom is -0.507 e. The lowest BCUT2D eigenvalue weighted by atomic mass is 9.84. The first kappa shape index (κ1) is 21.7. The smallest absolute Gasteiger partial charge is 0.127 e. The molecular formula is C24H37N3O2. The summed E-state index contributed by atoms with van der Waals surface area (Å²) in [5.41, 5.74) is 4.17. The van der Waals surface area contributed by atoms with E-state index in [2.05, 4.69) is 24.0 Å². The van der Waals surface area contributed by atoms with Gasteiger partial charge in [-0.3, -0.25) is 0 Å². The van der Waals surface area contributed by atoms with Crippen molar-refractivity contribution in [2.75, 3.05) is 0 Å². The van der Waals surface area contributed by atoms with Crippen LogP contribution in [-0.2, 0) is 13.0 Å². The van der Waals surface area contributed by atoms with E-state index in [1.165, 1.54) is 44.1 Å². The molecule has 160 valence electrons. The Kier molecular flexibility index (Phi) is 7.20. The molecule has 1 aliphatic rings. The van der Waals surface area contributed by atoms with E-state index in [9.17, 15) is 5.11 Å². The van der Waals surface area contributed by atoms with E-state index < -0.39 is 0 Å². The van der Waals surface area contributed by atoms with Crippen molar-refractivity contribution in [3.8, 4) is 11.5 Å². The monoisotopic (exact) mass is 399 g/mol. The number of hydrogen-bond acceptors (Lipinski definition) is 4. The first-order valence-electron chi connectivity index (χ1n) is 11.3. The second-order valence-electron chi connectivity index (χ2n) is 8.93. The van der Waals surface area contributed by atoms with Gasteiger partial charge in [0.1, 0.15) is 17.1 Å². The SMILES string of the molecule is Cc1c(C)c2c(c(C)c1O)CCC(C)(CCCCCCCCCn1nccn1)O2. The van der Waals surface area contributed by atoms with E-state index in [0.717, 1.165) is 54.7 Å². The van der Waals surface area contributed by atoms with Crippen LogP contribution in [0.3, 0.4) is 0 Å². The number of ether oxygens (including phenoxy) is 1. The van der Waals surface area contributed by atoms with Crippen molar-refractivity contribution in [3.63, 3.8) is 0 Å². The molecule has 0 saturated heterocycles. The van der Waals surface area contributed by atoms with Crippen LogP contribution in [0.15, 0.2) is 12.4 Å². The molecule has 1 unspecified atom stereocenters. The molecule has 2 aromatic rings. The largest absolute Gasteiger partial charge is 0.507 e. The lowest BCUT2D eigenvalue weighted by molar-refractivity contribution is 0.0521. The normalized spacial score (nSPS) is 18.5. The maximum Gasteiger partial charge on any atom is 0.127 e. The topological polar surface area (TPSA) is 60.2 Å². The Labute approximate surface area is 175 Å². The van der Waals surface area contributed by atoms with Gasteiger partial charge in [0.2, 0.25) is 0 Å². The van der Waals surface area contributed by atoms with Crippen molar-refractivity contribution in [1.29, 1.82) is 0 Å². The minimum atomic E-state index is -0.0790. The average molecular weight is 400 g/mol. The Morgan fingerprint density at radius 1 is 0.931 bits per heavy atom. The van der Waals surface area contributed by atoms with Gasteiger partial charge < -0.3 is 9.84 Å². The molecule has 0 radical (unpaired) electrons. The van der Waals surface area contributed by atoms with Crippen LogP contribution in [0.4, 0.5) is 0 Å². The number of phenols is 1. The first-order valence-corrected chi connectivity index (χ1v) is 11.3. The summed E-state index contributed by atoms with van der Waals surface area (Å²) >= 11 is 0. The Bertz CT molecular complexity index is 801. The molecule has 0 spiro atoms. The van der Waals surface area contributed by atoms with Crippen LogP contribution >= 0.6 is 0 Å². The molecular weight excluding hydrogens is 362 g/mol. The molecule has 2 heterocycles. The van der Waals surface area contributed by atoms with E-state index in [1.54, 1.807) is 17.2 Å². The van der Waals surface area contributed by atoms with E-state index in [1.807, 2.05) is 13.8 Å². The van der Waals surface area contributed by atoms with E-state index in [-0.39, 0.29) is 5.60 Å². The van der Waals surface area contributed by atoms with Crippen LogP contribution < -0.4 is 4.74 Å². The fraction of sp³-hybridized carbons (Fsp3) is 0.667. The number of hydrogen-bond donors (Lipinski definition) is 1. The Morgan fingerprint density at radius 2 is 1.55 bits per heavy atom. The van der Waals surface area contributed by atoms with Crippen LogP contribution in [0.1, 0.15) is 87.0 Å². The van der Waals surface area contributed by atoms with Gasteiger partial charge in [-0.25, -0.2) is 0 Å². The van der Waals surface area contributed by atoms with Crippen molar-refractivity contribution in [3.05, 3.63) is 34.6 Å². The van der Waals surface area contributed by atoms with Crippen LogP contribution in [0.2, 0.25) is 0 Å². The fourth-order valence-electron chi connectivity index (χ4n) is 4.47. The van der Waals surface area contributed by atoms with Gasteiger partial charge in [-0.2, -0.15) is 15.0 Å². The van der Waals surface area contributed by atoms with Crippen molar-refractivity contribution >= 4 is 0 Å². The highest BCUT2D eigenvalue weighted by atomic mass is 16.5. The van der Waals surface area contributed by atoms with Crippen molar-refractivity contribution < 1.29 is 9.84 Å². The number of phenolic OH excluding ortho intramolecular Hbond substituents is 1. The molecule has 5 heteroatoms. The van der Waals surface area contributed by atoms with E-state index in [4.69, 9.17) is 4.74 Å². The highest BCUT2D eigenvalue weighted by molar-refractivity contribution is 5.58. The van der Waals surface area contributed by atoms with E-state index in [0.29, 0.717) is 5.75 Å². The lowest BCUT2D eigenvalue weighted by Gasteiger charge is -2.38. The molecule has 0 aliphatic carbocycles. The molecule has 0 bridgehead atoms. The minimum absolute atomic E-state index is 0.0790. The molecule has 3 rings (SSSR count). The summed E-state index contributed by atoms with van der Waals surface area (Å²) in [6.07, 6.45) is 15.4. The molecule has 1 N–H and O–H groups in total. The van der Waals surface area contributed by atoms with Crippen LogP contribution in [0.5, 0.6) is 11.5 Å². The van der Waals surface area contributed by atoms with Crippen LogP contribution in [0.25, 0.3) is 0 Å². The zero-order valence-electron chi connectivity index (χ0n) is 18.6. The van der Waals surface area contributed by atoms with Gasteiger partial charge in [0.05, 0.1) is 18.9 Å². The molecule has 0 amide bonds. The summed E-state index contributed by atoms with van der Waals surface area (Å²) in [5.74, 6) is 1.47. The average Bonchev–Trinajstić information content (AvgIpc) is 3.23. The zero-order valence-corrected chi connectivity index (χ0v) is 18.6. The number of aromatic nitrogens is 3. The van der Waals surface area contributed by atoms with Crippen LogP contribution in [0, 0.1) is 20.8 Å². The molecule has 1 aromatic carbocycles. The van der Waals surface area contributed by atoms with Gasteiger partial charge in [-0.05, 0) is 76.5 Å². The predicted molar refractivity (Wildman–Crippen MR) is 117 cm³/mol. The summed E-state index contributed by atoms with van der Waals surface area (Å²) < 4.78 is 6.54. The summed E-state index contributed by atoms with van der Waals surface area (Å²) in [6.45, 7) is 9.26. The van der Waals surface area contributed by atoms with Gasteiger partial charge in [0, 0.05) is 5.56 Å². The second-order valence-corrected chi connectivity index (χ2v) is 8.93.